The van der Waals surface area contributed by atoms with Gasteiger partial charge < -0.3 is 9.47 Å². The second-order valence-electron chi connectivity index (χ2n) is 4.77. The van der Waals surface area contributed by atoms with Crippen molar-refractivity contribution in [1.29, 1.82) is 0 Å². The number of likely N-dealkylation sites (N-methyl/N-ethyl adjacent to an activating group) is 1. The number of methoxy groups -OCH3 is 2. The summed E-state index contributed by atoms with van der Waals surface area (Å²) in [7, 11) is 0.373. The zero-order valence-corrected chi connectivity index (χ0v) is 13.7. The Morgan fingerprint density at radius 2 is 1.95 bits per heavy atom. The number of hydrogen-bond acceptors (Lipinski definition) is 5. The summed E-state index contributed by atoms with van der Waals surface area (Å²) in [6.07, 6.45) is 0. The minimum Gasteiger partial charge on any atom is -0.465 e. The topological polar surface area (TPSA) is 72.9 Å². The molecule has 0 N–H and O–H groups in total. The highest BCUT2D eigenvalue weighted by Crippen LogP contribution is 2.24. The summed E-state index contributed by atoms with van der Waals surface area (Å²) in [5.41, 5.74) is 0.618. The normalized spacial score (nSPS) is 13.2. The molecular formula is C14H21NO5S. The van der Waals surface area contributed by atoms with E-state index in [9.17, 15) is 13.2 Å². The average Bonchev–Trinajstić information content (AvgIpc) is 2.45. The minimum atomic E-state index is -3.82. The van der Waals surface area contributed by atoms with Crippen molar-refractivity contribution < 1.29 is 22.7 Å². The van der Waals surface area contributed by atoms with Gasteiger partial charge in [0.1, 0.15) is 0 Å². The molecular weight excluding hydrogens is 294 g/mol. The number of nitrogens with zero attached hydrogens (tertiary/aromatic N) is 1. The van der Waals surface area contributed by atoms with Crippen LogP contribution in [0.15, 0.2) is 23.1 Å². The van der Waals surface area contributed by atoms with Crippen LogP contribution in [0.3, 0.4) is 0 Å². The highest BCUT2D eigenvalue weighted by atomic mass is 32.2. The Morgan fingerprint density at radius 1 is 1.33 bits per heavy atom. The quantitative estimate of drug-likeness (QED) is 0.743. The van der Waals surface area contributed by atoms with Crippen LogP contribution < -0.4 is 0 Å². The van der Waals surface area contributed by atoms with Crippen molar-refractivity contribution in [3.63, 3.8) is 0 Å². The van der Waals surface area contributed by atoms with Crippen LogP contribution in [0.25, 0.3) is 0 Å². The summed E-state index contributed by atoms with van der Waals surface area (Å²) < 4.78 is 36.3. The van der Waals surface area contributed by atoms with Crippen LogP contribution >= 0.6 is 0 Å². The van der Waals surface area contributed by atoms with Crippen LogP contribution in [0, 0.1) is 6.92 Å². The molecule has 0 fully saturated rings. The molecule has 0 aromatic heterocycles. The highest BCUT2D eigenvalue weighted by molar-refractivity contribution is 7.89. The molecule has 0 heterocycles. The van der Waals surface area contributed by atoms with Crippen LogP contribution in [-0.4, -0.2) is 52.6 Å². The first-order chi connectivity index (χ1) is 9.77. The van der Waals surface area contributed by atoms with Gasteiger partial charge in [0.05, 0.1) is 24.2 Å². The van der Waals surface area contributed by atoms with Gasteiger partial charge >= 0.3 is 5.97 Å². The molecule has 6 nitrogen and oxygen atoms in total. The smallest absolute Gasteiger partial charge is 0.339 e. The summed E-state index contributed by atoms with van der Waals surface area (Å²) in [4.78, 5) is 11.8. The van der Waals surface area contributed by atoms with E-state index >= 15 is 0 Å². The maximum absolute atomic E-state index is 12.7. The van der Waals surface area contributed by atoms with Crippen LogP contribution in [0.1, 0.15) is 22.8 Å². The Morgan fingerprint density at radius 3 is 2.48 bits per heavy atom. The second-order valence-corrected chi connectivity index (χ2v) is 6.73. The van der Waals surface area contributed by atoms with Crippen LogP contribution in [0.4, 0.5) is 0 Å². The van der Waals surface area contributed by atoms with Gasteiger partial charge in [0.15, 0.2) is 0 Å². The van der Waals surface area contributed by atoms with Crippen molar-refractivity contribution in [2.45, 2.75) is 24.8 Å². The number of carbonyl (C=O) groups excluding carboxylic acids is 1. The number of ether oxygens (including phenoxy) is 2. The molecule has 0 bridgehead atoms. The molecule has 0 radical (unpaired) electrons. The Balaban J connectivity index is 3.39. The molecule has 21 heavy (non-hydrogen) atoms. The number of carbonyl (C=O) groups is 1. The predicted octanol–water partition coefficient (Wildman–Crippen LogP) is 1.44. The van der Waals surface area contributed by atoms with Gasteiger partial charge in [-0.25, -0.2) is 13.2 Å². The van der Waals surface area contributed by atoms with E-state index in [1.807, 2.05) is 0 Å². The summed E-state index contributed by atoms with van der Waals surface area (Å²) in [5, 5.41) is 0. The van der Waals surface area contributed by atoms with Crippen LogP contribution in [0.2, 0.25) is 0 Å². The third-order valence-electron chi connectivity index (χ3n) is 3.31. The zero-order valence-electron chi connectivity index (χ0n) is 12.9. The van der Waals surface area contributed by atoms with Crippen molar-refractivity contribution in [2.75, 3.05) is 27.9 Å². The average molecular weight is 315 g/mol. The molecule has 0 unspecified atom stereocenters. The first kappa shape index (κ1) is 17.6. The molecule has 118 valence electrons. The Hall–Kier alpha value is -1.44. The van der Waals surface area contributed by atoms with E-state index < -0.39 is 16.0 Å². The number of hydrogen-bond donors (Lipinski definition) is 0. The SMILES string of the molecule is COC[C@H](C)N(C)S(=O)(=O)c1cccc(C)c1C(=O)OC. The lowest BCUT2D eigenvalue weighted by atomic mass is 10.1. The van der Waals surface area contributed by atoms with Gasteiger partial charge in [-0.2, -0.15) is 4.31 Å². The van der Waals surface area contributed by atoms with Gasteiger partial charge in [-0.1, -0.05) is 12.1 Å². The van der Waals surface area contributed by atoms with Gasteiger partial charge in [0.2, 0.25) is 10.0 Å². The minimum absolute atomic E-state index is 0.0557. The Bertz CT molecular complexity index is 612. The first-order valence-corrected chi connectivity index (χ1v) is 7.86. The summed E-state index contributed by atoms with van der Waals surface area (Å²) in [6.45, 7) is 3.66. The summed E-state index contributed by atoms with van der Waals surface area (Å²) in [6, 6.07) is 4.32. The molecule has 7 heteroatoms. The number of benzene rings is 1. The maximum Gasteiger partial charge on any atom is 0.339 e. The largest absolute Gasteiger partial charge is 0.465 e. The van der Waals surface area contributed by atoms with Crippen molar-refractivity contribution in [3.05, 3.63) is 29.3 Å². The lowest BCUT2D eigenvalue weighted by Crippen LogP contribution is -2.38. The Labute approximate surface area is 125 Å². The lowest BCUT2D eigenvalue weighted by molar-refractivity contribution is 0.0595. The number of aryl methyl sites for hydroxylation is 1. The molecule has 0 saturated carbocycles. The molecule has 0 amide bonds. The van der Waals surface area contributed by atoms with E-state index in [0.717, 1.165) is 0 Å². The van der Waals surface area contributed by atoms with E-state index in [4.69, 9.17) is 9.47 Å². The lowest BCUT2D eigenvalue weighted by Gasteiger charge is -2.24. The molecule has 0 spiro atoms. The summed E-state index contributed by atoms with van der Waals surface area (Å²) in [5.74, 6) is -0.667. The predicted molar refractivity (Wildman–Crippen MR) is 78.8 cm³/mol. The summed E-state index contributed by atoms with van der Waals surface area (Å²) >= 11 is 0. The van der Waals surface area contributed by atoms with E-state index in [0.29, 0.717) is 5.56 Å². The third kappa shape index (κ3) is 3.61. The van der Waals surface area contributed by atoms with Crippen LogP contribution in [-0.2, 0) is 19.5 Å². The van der Waals surface area contributed by atoms with Crippen molar-refractivity contribution in [1.82, 2.24) is 4.31 Å². The molecule has 0 aliphatic carbocycles. The van der Waals surface area contributed by atoms with Crippen molar-refractivity contribution >= 4 is 16.0 Å². The Kier molecular flexibility index (Phi) is 5.88. The van der Waals surface area contributed by atoms with Gasteiger partial charge in [0, 0.05) is 20.2 Å². The number of rotatable bonds is 6. The highest BCUT2D eigenvalue weighted by Gasteiger charge is 2.30. The van der Waals surface area contributed by atoms with E-state index in [-0.39, 0.29) is 23.1 Å². The van der Waals surface area contributed by atoms with Gasteiger partial charge in [-0.3, -0.25) is 0 Å². The van der Waals surface area contributed by atoms with E-state index in [1.54, 1.807) is 26.0 Å². The van der Waals surface area contributed by atoms with Gasteiger partial charge in [-0.15, -0.1) is 0 Å². The standard InChI is InChI=1S/C14H21NO5S/c1-10-7-6-8-12(13(10)14(16)20-5)21(17,18)15(3)11(2)9-19-4/h6-8,11H,9H2,1-5H3/t11-/m0/s1. The number of sulfonamides is 1. The third-order valence-corrected chi connectivity index (χ3v) is 5.32. The molecule has 1 aromatic rings. The van der Waals surface area contributed by atoms with E-state index in [1.165, 1.54) is 31.6 Å². The molecule has 1 rings (SSSR count). The molecule has 1 aromatic carbocycles. The van der Waals surface area contributed by atoms with E-state index in [2.05, 4.69) is 0 Å². The fraction of sp³-hybridized carbons (Fsp3) is 0.500. The van der Waals surface area contributed by atoms with Gasteiger partial charge in [-0.05, 0) is 25.5 Å². The fourth-order valence-electron chi connectivity index (χ4n) is 1.96. The molecule has 0 aliphatic heterocycles. The maximum atomic E-state index is 12.7. The number of esters is 1. The molecule has 0 saturated heterocycles. The monoisotopic (exact) mass is 315 g/mol. The van der Waals surface area contributed by atoms with Crippen molar-refractivity contribution in [3.8, 4) is 0 Å². The molecule has 0 aliphatic rings. The van der Waals surface area contributed by atoms with Crippen molar-refractivity contribution in [2.24, 2.45) is 0 Å². The van der Waals surface area contributed by atoms with Gasteiger partial charge in [0.25, 0.3) is 0 Å². The van der Waals surface area contributed by atoms with Crippen LogP contribution in [0.5, 0.6) is 0 Å². The second kappa shape index (κ2) is 7.02. The molecule has 1 atom stereocenters. The zero-order chi connectivity index (χ0) is 16.2. The first-order valence-electron chi connectivity index (χ1n) is 6.42. The fourth-order valence-corrected chi connectivity index (χ4v) is 3.56.